The Bertz CT molecular complexity index is 520. The van der Waals surface area contributed by atoms with Crippen LogP contribution in [0.3, 0.4) is 0 Å². The Hall–Kier alpha value is -2.03. The molecule has 3 nitrogen and oxygen atoms in total. The summed E-state index contributed by atoms with van der Waals surface area (Å²) in [5.74, 6) is 0.671. The topological polar surface area (TPSA) is 59.1 Å². The van der Waals surface area contributed by atoms with Crippen molar-refractivity contribution in [1.29, 1.82) is 5.41 Å². The number of amidine groups is 1. The highest BCUT2D eigenvalue weighted by Crippen LogP contribution is 2.27. The Morgan fingerprint density at radius 2 is 1.93 bits per heavy atom. The van der Waals surface area contributed by atoms with Gasteiger partial charge in [-0.2, -0.15) is 0 Å². The van der Waals surface area contributed by atoms with Crippen LogP contribution in [0.1, 0.15) is 5.56 Å². The molecule has 0 aromatic heterocycles. The average molecular weight is 200 g/mol. The molecule has 0 fully saturated rings. The number of ether oxygens (including phenoxy) is 1. The van der Waals surface area contributed by atoms with Crippen LogP contribution in [0.2, 0.25) is 0 Å². The molecule has 2 aromatic carbocycles. The Balaban J connectivity index is 2.85. The van der Waals surface area contributed by atoms with Gasteiger partial charge in [-0.15, -0.1) is 0 Å². The van der Waals surface area contributed by atoms with E-state index in [1.165, 1.54) is 0 Å². The highest BCUT2D eigenvalue weighted by atomic mass is 16.5. The molecule has 0 amide bonds. The van der Waals surface area contributed by atoms with Gasteiger partial charge in [-0.3, -0.25) is 5.41 Å². The first-order valence-electron chi connectivity index (χ1n) is 4.64. The monoisotopic (exact) mass is 200 g/mol. The van der Waals surface area contributed by atoms with Crippen LogP contribution in [-0.2, 0) is 0 Å². The van der Waals surface area contributed by atoms with Gasteiger partial charge in [-0.25, -0.2) is 0 Å². The van der Waals surface area contributed by atoms with E-state index < -0.39 is 0 Å². The van der Waals surface area contributed by atoms with E-state index in [1.54, 1.807) is 7.11 Å². The minimum absolute atomic E-state index is 0.0312. The fraction of sp³-hybridized carbons (Fsp3) is 0.0833. The van der Waals surface area contributed by atoms with Gasteiger partial charge in [0.25, 0.3) is 0 Å². The molecular formula is C12H12N2O. The van der Waals surface area contributed by atoms with Crippen LogP contribution in [0.25, 0.3) is 10.8 Å². The molecule has 0 unspecified atom stereocenters. The zero-order valence-corrected chi connectivity index (χ0v) is 8.45. The van der Waals surface area contributed by atoms with Crippen molar-refractivity contribution in [3.8, 4) is 5.75 Å². The summed E-state index contributed by atoms with van der Waals surface area (Å²) in [6, 6.07) is 11.6. The number of hydrogen-bond acceptors (Lipinski definition) is 2. The fourth-order valence-corrected chi connectivity index (χ4v) is 1.70. The molecule has 0 aliphatic heterocycles. The summed E-state index contributed by atoms with van der Waals surface area (Å²) >= 11 is 0. The summed E-state index contributed by atoms with van der Waals surface area (Å²) in [5, 5.41) is 9.57. The third-order valence-electron chi connectivity index (χ3n) is 2.38. The smallest absolute Gasteiger partial charge is 0.130 e. The van der Waals surface area contributed by atoms with Gasteiger partial charge in [0.15, 0.2) is 0 Å². The second kappa shape index (κ2) is 3.61. The Kier molecular flexibility index (Phi) is 2.29. The van der Waals surface area contributed by atoms with Crippen LogP contribution in [0, 0.1) is 5.41 Å². The summed E-state index contributed by atoms with van der Waals surface area (Å²) < 4.78 is 5.19. The van der Waals surface area contributed by atoms with Crippen molar-refractivity contribution in [2.75, 3.05) is 7.11 Å². The van der Waals surface area contributed by atoms with E-state index in [4.69, 9.17) is 15.9 Å². The quantitative estimate of drug-likeness (QED) is 0.576. The zero-order valence-electron chi connectivity index (χ0n) is 8.45. The number of nitrogens with one attached hydrogen (secondary N) is 1. The van der Waals surface area contributed by atoms with Crippen LogP contribution in [-0.4, -0.2) is 12.9 Å². The highest BCUT2D eigenvalue weighted by molar-refractivity contribution is 6.09. The van der Waals surface area contributed by atoms with Crippen molar-refractivity contribution in [2.45, 2.75) is 0 Å². The third-order valence-corrected chi connectivity index (χ3v) is 2.38. The lowest BCUT2D eigenvalue weighted by Gasteiger charge is -2.10. The fourth-order valence-electron chi connectivity index (χ4n) is 1.70. The number of rotatable bonds is 2. The van der Waals surface area contributed by atoms with E-state index in [2.05, 4.69) is 0 Å². The summed E-state index contributed by atoms with van der Waals surface area (Å²) in [7, 11) is 1.58. The maximum atomic E-state index is 7.56. The van der Waals surface area contributed by atoms with Crippen LogP contribution in [0.4, 0.5) is 0 Å². The molecule has 3 N–H and O–H groups in total. The lowest BCUT2D eigenvalue weighted by atomic mass is 10.0. The standard InChI is InChI=1S/C12H12N2O/c1-15-10-7-6-8-4-2-3-5-9(8)11(10)12(13)14/h2-7H,1H3,(H3,13,14). The maximum Gasteiger partial charge on any atom is 0.130 e. The Labute approximate surface area is 88.0 Å². The van der Waals surface area contributed by atoms with Gasteiger partial charge in [-0.05, 0) is 16.8 Å². The lowest BCUT2D eigenvalue weighted by Crippen LogP contribution is -2.13. The van der Waals surface area contributed by atoms with Gasteiger partial charge in [0.2, 0.25) is 0 Å². The normalized spacial score (nSPS) is 10.2. The first kappa shape index (κ1) is 9.52. The number of fused-ring (bicyclic) bond motifs is 1. The second-order valence-electron chi connectivity index (χ2n) is 3.28. The molecule has 0 heterocycles. The molecule has 3 heteroatoms. The van der Waals surface area contributed by atoms with Crippen molar-refractivity contribution < 1.29 is 4.74 Å². The Morgan fingerprint density at radius 1 is 1.20 bits per heavy atom. The molecule has 0 radical (unpaired) electrons. The van der Waals surface area contributed by atoms with Gasteiger partial charge < -0.3 is 10.5 Å². The van der Waals surface area contributed by atoms with Crippen LogP contribution < -0.4 is 10.5 Å². The first-order valence-corrected chi connectivity index (χ1v) is 4.64. The van der Waals surface area contributed by atoms with E-state index in [1.807, 2.05) is 36.4 Å². The number of nitrogen functional groups attached to an aromatic ring is 1. The van der Waals surface area contributed by atoms with Crippen molar-refractivity contribution in [3.63, 3.8) is 0 Å². The largest absolute Gasteiger partial charge is 0.496 e. The predicted octanol–water partition coefficient (Wildman–Crippen LogP) is 2.13. The molecule has 2 aromatic rings. The first-order chi connectivity index (χ1) is 7.24. The highest BCUT2D eigenvalue weighted by Gasteiger charge is 2.09. The van der Waals surface area contributed by atoms with Gasteiger partial charge in [-0.1, -0.05) is 30.3 Å². The van der Waals surface area contributed by atoms with E-state index in [9.17, 15) is 0 Å². The van der Waals surface area contributed by atoms with Crippen LogP contribution in [0.15, 0.2) is 36.4 Å². The molecule has 0 saturated heterocycles. The van der Waals surface area contributed by atoms with E-state index in [-0.39, 0.29) is 5.84 Å². The van der Waals surface area contributed by atoms with Crippen molar-refractivity contribution in [3.05, 3.63) is 42.0 Å². The average Bonchev–Trinajstić information content (AvgIpc) is 2.27. The molecule has 0 bridgehead atoms. The van der Waals surface area contributed by atoms with Gasteiger partial charge >= 0.3 is 0 Å². The number of nitrogens with two attached hydrogens (primary N) is 1. The minimum atomic E-state index is 0.0312. The molecular weight excluding hydrogens is 188 g/mol. The molecule has 0 spiro atoms. The zero-order chi connectivity index (χ0) is 10.8. The molecule has 76 valence electrons. The van der Waals surface area contributed by atoms with E-state index >= 15 is 0 Å². The second-order valence-corrected chi connectivity index (χ2v) is 3.28. The molecule has 2 rings (SSSR count). The molecule has 0 aliphatic carbocycles. The summed E-state index contributed by atoms with van der Waals surface area (Å²) in [5.41, 5.74) is 6.22. The van der Waals surface area contributed by atoms with Gasteiger partial charge in [0.05, 0.1) is 12.7 Å². The van der Waals surface area contributed by atoms with Gasteiger partial charge in [0.1, 0.15) is 11.6 Å². The maximum absolute atomic E-state index is 7.56. The number of methoxy groups -OCH3 is 1. The molecule has 15 heavy (non-hydrogen) atoms. The third kappa shape index (κ3) is 1.52. The van der Waals surface area contributed by atoms with Crippen molar-refractivity contribution in [1.82, 2.24) is 0 Å². The van der Waals surface area contributed by atoms with Crippen molar-refractivity contribution in [2.24, 2.45) is 5.73 Å². The SMILES string of the molecule is COc1ccc2ccccc2c1C(=N)N. The predicted molar refractivity (Wildman–Crippen MR) is 61.5 cm³/mol. The van der Waals surface area contributed by atoms with E-state index in [0.29, 0.717) is 11.3 Å². The molecule has 0 aliphatic rings. The van der Waals surface area contributed by atoms with Crippen LogP contribution in [0.5, 0.6) is 5.75 Å². The van der Waals surface area contributed by atoms with Gasteiger partial charge in [0, 0.05) is 0 Å². The summed E-state index contributed by atoms with van der Waals surface area (Å²) in [6.45, 7) is 0. The summed E-state index contributed by atoms with van der Waals surface area (Å²) in [6.07, 6.45) is 0. The molecule has 0 atom stereocenters. The van der Waals surface area contributed by atoms with Crippen LogP contribution >= 0.6 is 0 Å². The Morgan fingerprint density at radius 3 is 2.60 bits per heavy atom. The lowest BCUT2D eigenvalue weighted by molar-refractivity contribution is 0.414. The summed E-state index contributed by atoms with van der Waals surface area (Å²) in [4.78, 5) is 0. The number of hydrogen-bond donors (Lipinski definition) is 2. The van der Waals surface area contributed by atoms with E-state index in [0.717, 1.165) is 10.8 Å². The van der Waals surface area contributed by atoms with Crippen molar-refractivity contribution >= 4 is 16.6 Å². The molecule has 0 saturated carbocycles. The number of benzene rings is 2. The minimum Gasteiger partial charge on any atom is -0.496 e.